The van der Waals surface area contributed by atoms with Crippen molar-refractivity contribution in [3.63, 3.8) is 0 Å². The Morgan fingerprint density at radius 3 is 2.46 bits per heavy atom. The van der Waals surface area contributed by atoms with Crippen LogP contribution in [0.5, 0.6) is 17.2 Å². The van der Waals surface area contributed by atoms with Crippen molar-refractivity contribution in [1.29, 1.82) is 0 Å². The van der Waals surface area contributed by atoms with Crippen LogP contribution in [0, 0.1) is 0 Å². The number of benzene rings is 2. The summed E-state index contributed by atoms with van der Waals surface area (Å²) in [5, 5.41) is 2.82. The molecule has 5 nitrogen and oxygen atoms in total. The van der Waals surface area contributed by atoms with Crippen LogP contribution in [0.1, 0.15) is 38.7 Å². The highest BCUT2D eigenvalue weighted by atomic mass is 16.5. The summed E-state index contributed by atoms with van der Waals surface area (Å²) in [4.78, 5) is 12.1. The maximum absolute atomic E-state index is 12.1. The number of amides is 1. The molecule has 2 aromatic carbocycles. The first-order chi connectivity index (χ1) is 13.7. The van der Waals surface area contributed by atoms with Crippen LogP contribution >= 0.6 is 0 Å². The molecule has 0 aliphatic rings. The topological polar surface area (TPSA) is 56.8 Å². The Bertz CT molecular complexity index is 769. The molecule has 0 saturated heterocycles. The first-order valence-corrected chi connectivity index (χ1v) is 9.69. The molecule has 0 fully saturated rings. The number of unbranched alkanes of at least 4 members (excludes halogenated alkanes) is 2. The third-order valence-electron chi connectivity index (χ3n) is 4.05. The van der Waals surface area contributed by atoms with Crippen molar-refractivity contribution in [2.24, 2.45) is 0 Å². The van der Waals surface area contributed by atoms with Crippen molar-refractivity contribution in [1.82, 2.24) is 0 Å². The van der Waals surface area contributed by atoms with E-state index < -0.39 is 0 Å². The number of rotatable bonds is 11. The molecule has 0 aliphatic carbocycles. The predicted molar refractivity (Wildman–Crippen MR) is 113 cm³/mol. The summed E-state index contributed by atoms with van der Waals surface area (Å²) in [7, 11) is 1.61. The molecule has 5 heteroatoms. The van der Waals surface area contributed by atoms with E-state index >= 15 is 0 Å². The van der Waals surface area contributed by atoms with Gasteiger partial charge in [0, 0.05) is 11.8 Å². The fourth-order valence-electron chi connectivity index (χ4n) is 2.60. The minimum Gasteiger partial charge on any atom is -0.494 e. The molecule has 0 unspecified atom stereocenters. The molecule has 0 radical (unpaired) electrons. The van der Waals surface area contributed by atoms with Gasteiger partial charge in [0.15, 0.2) is 11.5 Å². The molecule has 2 aromatic rings. The highest BCUT2D eigenvalue weighted by Crippen LogP contribution is 2.28. The van der Waals surface area contributed by atoms with Crippen molar-refractivity contribution < 1.29 is 19.0 Å². The Hall–Kier alpha value is -2.95. The van der Waals surface area contributed by atoms with Gasteiger partial charge in [-0.25, -0.2) is 0 Å². The number of hydrogen-bond donors (Lipinski definition) is 1. The molecular weight excluding hydrogens is 354 g/mol. The number of carbonyl (C=O) groups is 1. The summed E-state index contributed by atoms with van der Waals surface area (Å²) in [6, 6.07) is 12.9. The number of hydrogen-bond acceptors (Lipinski definition) is 4. The highest BCUT2D eigenvalue weighted by Gasteiger charge is 2.05. The molecule has 2 rings (SSSR count). The fraction of sp³-hybridized carbons (Fsp3) is 0.348. The van der Waals surface area contributed by atoms with Crippen LogP contribution in [-0.2, 0) is 4.79 Å². The minimum absolute atomic E-state index is 0.206. The van der Waals surface area contributed by atoms with Crippen molar-refractivity contribution in [3.8, 4) is 17.2 Å². The molecule has 0 aromatic heterocycles. The number of carbonyl (C=O) groups excluding carboxylic acids is 1. The van der Waals surface area contributed by atoms with Crippen LogP contribution < -0.4 is 19.5 Å². The van der Waals surface area contributed by atoms with Gasteiger partial charge < -0.3 is 19.5 Å². The van der Waals surface area contributed by atoms with Crippen LogP contribution in [0.4, 0.5) is 5.69 Å². The maximum Gasteiger partial charge on any atom is 0.248 e. The van der Waals surface area contributed by atoms with Gasteiger partial charge in [0.05, 0.1) is 20.3 Å². The lowest BCUT2D eigenvalue weighted by molar-refractivity contribution is -0.111. The van der Waals surface area contributed by atoms with E-state index in [0.29, 0.717) is 24.7 Å². The molecule has 1 N–H and O–H groups in total. The molecule has 150 valence electrons. The lowest BCUT2D eigenvalue weighted by Gasteiger charge is -2.11. The van der Waals surface area contributed by atoms with Crippen molar-refractivity contribution >= 4 is 17.7 Å². The zero-order valence-corrected chi connectivity index (χ0v) is 16.9. The first kappa shape index (κ1) is 21.4. The van der Waals surface area contributed by atoms with Crippen molar-refractivity contribution in [3.05, 3.63) is 54.1 Å². The summed E-state index contributed by atoms with van der Waals surface area (Å²) < 4.78 is 16.6. The first-order valence-electron chi connectivity index (χ1n) is 9.69. The van der Waals surface area contributed by atoms with Crippen LogP contribution in [0.3, 0.4) is 0 Å². The van der Waals surface area contributed by atoms with Gasteiger partial charge in [-0.05, 0) is 61.4 Å². The van der Waals surface area contributed by atoms with Gasteiger partial charge in [0.1, 0.15) is 5.75 Å². The molecule has 0 bridgehead atoms. The quantitative estimate of drug-likeness (QED) is 0.422. The second-order valence-corrected chi connectivity index (χ2v) is 6.25. The summed E-state index contributed by atoms with van der Waals surface area (Å²) >= 11 is 0. The van der Waals surface area contributed by atoms with Crippen LogP contribution in [0.15, 0.2) is 48.5 Å². The van der Waals surface area contributed by atoms with E-state index in [1.54, 1.807) is 13.2 Å². The zero-order valence-electron chi connectivity index (χ0n) is 16.9. The Kier molecular flexibility index (Phi) is 8.92. The van der Waals surface area contributed by atoms with E-state index in [4.69, 9.17) is 14.2 Å². The lowest BCUT2D eigenvalue weighted by atomic mass is 10.2. The van der Waals surface area contributed by atoms with Crippen LogP contribution in [0.2, 0.25) is 0 Å². The zero-order chi connectivity index (χ0) is 20.2. The smallest absolute Gasteiger partial charge is 0.248 e. The second kappa shape index (κ2) is 11.7. The molecule has 28 heavy (non-hydrogen) atoms. The molecule has 0 spiro atoms. The van der Waals surface area contributed by atoms with E-state index in [1.807, 2.05) is 49.4 Å². The average Bonchev–Trinajstić information content (AvgIpc) is 2.71. The number of nitrogens with one attached hydrogen (secondary N) is 1. The van der Waals surface area contributed by atoms with E-state index in [2.05, 4.69) is 12.2 Å². The third kappa shape index (κ3) is 6.99. The van der Waals surface area contributed by atoms with Gasteiger partial charge in [0.25, 0.3) is 0 Å². The monoisotopic (exact) mass is 383 g/mol. The van der Waals surface area contributed by atoms with E-state index in [-0.39, 0.29) is 5.91 Å². The van der Waals surface area contributed by atoms with Crippen molar-refractivity contribution in [2.45, 2.75) is 33.1 Å². The van der Waals surface area contributed by atoms with Gasteiger partial charge in [-0.1, -0.05) is 25.8 Å². The number of methoxy groups -OCH3 is 1. The SMILES string of the molecule is CCCCCOc1ccc(/C=C/C(=O)Nc2ccc(OCC)cc2)cc1OC. The normalized spacial score (nSPS) is 10.7. The molecule has 0 aliphatic heterocycles. The summed E-state index contributed by atoms with van der Waals surface area (Å²) in [6.07, 6.45) is 6.56. The van der Waals surface area contributed by atoms with E-state index in [1.165, 1.54) is 6.08 Å². The second-order valence-electron chi connectivity index (χ2n) is 6.25. The molecular formula is C23H29NO4. The Labute approximate surface area is 167 Å². The molecule has 0 saturated carbocycles. The summed E-state index contributed by atoms with van der Waals surface area (Å²) in [5.74, 6) is 1.95. The standard InChI is InChI=1S/C23H29NO4/c1-4-6-7-16-28-21-14-8-18(17-22(21)26-3)9-15-23(25)24-19-10-12-20(13-11-19)27-5-2/h8-15,17H,4-7,16H2,1-3H3,(H,24,25)/b15-9+. The fourth-order valence-corrected chi connectivity index (χ4v) is 2.60. The minimum atomic E-state index is -0.206. The van der Waals surface area contributed by atoms with E-state index in [9.17, 15) is 4.79 Å². The van der Waals surface area contributed by atoms with Crippen LogP contribution in [0.25, 0.3) is 6.08 Å². The number of ether oxygens (including phenoxy) is 3. The van der Waals surface area contributed by atoms with Gasteiger partial charge >= 0.3 is 0 Å². The molecule has 0 atom stereocenters. The maximum atomic E-state index is 12.1. The van der Waals surface area contributed by atoms with Crippen molar-refractivity contribution in [2.75, 3.05) is 25.6 Å². The average molecular weight is 383 g/mol. The molecule has 1 amide bonds. The Morgan fingerprint density at radius 1 is 1.00 bits per heavy atom. The Balaban J connectivity index is 1.93. The van der Waals surface area contributed by atoms with Crippen LogP contribution in [-0.4, -0.2) is 26.2 Å². The van der Waals surface area contributed by atoms with Gasteiger partial charge in [-0.2, -0.15) is 0 Å². The lowest BCUT2D eigenvalue weighted by Crippen LogP contribution is -2.07. The largest absolute Gasteiger partial charge is 0.494 e. The van der Waals surface area contributed by atoms with Gasteiger partial charge in [-0.15, -0.1) is 0 Å². The summed E-state index contributed by atoms with van der Waals surface area (Å²) in [6.45, 7) is 5.37. The Morgan fingerprint density at radius 2 is 1.79 bits per heavy atom. The molecule has 0 heterocycles. The third-order valence-corrected chi connectivity index (χ3v) is 4.05. The number of anilines is 1. The predicted octanol–water partition coefficient (Wildman–Crippen LogP) is 5.31. The van der Waals surface area contributed by atoms with E-state index in [0.717, 1.165) is 36.3 Å². The summed E-state index contributed by atoms with van der Waals surface area (Å²) in [5.41, 5.74) is 1.58. The van der Waals surface area contributed by atoms with Gasteiger partial charge in [0.2, 0.25) is 5.91 Å². The van der Waals surface area contributed by atoms with Gasteiger partial charge in [-0.3, -0.25) is 4.79 Å². The highest BCUT2D eigenvalue weighted by molar-refractivity contribution is 6.01.